The Balaban J connectivity index is 1.58. The van der Waals surface area contributed by atoms with Crippen molar-refractivity contribution in [2.24, 2.45) is 5.92 Å². The van der Waals surface area contributed by atoms with Gasteiger partial charge in [0.25, 0.3) is 0 Å². The molecule has 0 aromatic heterocycles. The summed E-state index contributed by atoms with van der Waals surface area (Å²) >= 11 is 4.98. The summed E-state index contributed by atoms with van der Waals surface area (Å²) < 4.78 is 6.25. The van der Waals surface area contributed by atoms with Crippen LogP contribution in [-0.4, -0.2) is 18.8 Å². The third kappa shape index (κ3) is 4.77. The zero-order valence-corrected chi connectivity index (χ0v) is 15.9. The number of amides is 1. The smallest absolute Gasteiger partial charge is 0.230 e. The van der Waals surface area contributed by atoms with Gasteiger partial charge in [0.15, 0.2) is 0 Å². The summed E-state index contributed by atoms with van der Waals surface area (Å²) in [5.41, 5.74) is 1.15. The first-order chi connectivity index (χ1) is 11.7. The lowest BCUT2D eigenvalue weighted by molar-refractivity contribution is -0.119. The van der Waals surface area contributed by atoms with Crippen molar-refractivity contribution in [2.75, 3.05) is 12.9 Å². The number of nitrogens with one attached hydrogen (secondary N) is 1. The first kappa shape index (κ1) is 17.4. The van der Waals surface area contributed by atoms with Crippen molar-refractivity contribution in [2.45, 2.75) is 23.8 Å². The largest absolute Gasteiger partial charge is 0.497 e. The van der Waals surface area contributed by atoms with E-state index < -0.39 is 0 Å². The van der Waals surface area contributed by atoms with Gasteiger partial charge in [0.05, 0.1) is 18.9 Å². The average molecular weight is 406 g/mol. The average Bonchev–Trinajstić information content (AvgIpc) is 3.44. The number of methoxy groups -OCH3 is 1. The predicted octanol–water partition coefficient (Wildman–Crippen LogP) is 4.82. The van der Waals surface area contributed by atoms with Crippen molar-refractivity contribution >= 4 is 33.6 Å². The summed E-state index contributed by atoms with van der Waals surface area (Å²) in [6.07, 6.45) is 2.35. The van der Waals surface area contributed by atoms with Gasteiger partial charge >= 0.3 is 0 Å². The summed E-state index contributed by atoms with van der Waals surface area (Å²) in [7, 11) is 1.66. The van der Waals surface area contributed by atoms with Crippen LogP contribution in [0.2, 0.25) is 0 Å². The lowest BCUT2D eigenvalue weighted by Gasteiger charge is -2.19. The van der Waals surface area contributed by atoms with Crippen LogP contribution in [0.25, 0.3) is 0 Å². The van der Waals surface area contributed by atoms with Crippen LogP contribution >= 0.6 is 27.7 Å². The molecule has 2 aromatic carbocycles. The molecule has 1 saturated carbocycles. The van der Waals surface area contributed by atoms with E-state index in [-0.39, 0.29) is 11.9 Å². The maximum absolute atomic E-state index is 12.4. The summed E-state index contributed by atoms with van der Waals surface area (Å²) in [5.74, 6) is 1.90. The Morgan fingerprint density at radius 3 is 2.46 bits per heavy atom. The summed E-state index contributed by atoms with van der Waals surface area (Å²) in [6, 6.07) is 16.1. The Bertz CT molecular complexity index is 684. The molecule has 24 heavy (non-hydrogen) atoms. The highest BCUT2D eigenvalue weighted by Gasteiger charge is 2.33. The van der Waals surface area contributed by atoms with Crippen LogP contribution in [0.4, 0.5) is 0 Å². The highest BCUT2D eigenvalue weighted by molar-refractivity contribution is 9.10. The zero-order chi connectivity index (χ0) is 16.9. The number of thioether (sulfide) groups is 1. The minimum atomic E-state index is 0.0793. The number of hydrogen-bond donors (Lipinski definition) is 1. The molecular weight excluding hydrogens is 386 g/mol. The Kier molecular flexibility index (Phi) is 5.85. The molecule has 0 saturated heterocycles. The standard InChI is InChI=1S/C19H20BrNO2S/c1-23-16-8-4-14(5-9-16)19(13-2-3-13)21-18(22)12-24-17-10-6-15(20)7-11-17/h4-11,13,19H,2-3,12H2,1H3,(H,21,22)/t19-/m0/s1. The highest BCUT2D eigenvalue weighted by Crippen LogP contribution is 2.41. The van der Waals surface area contributed by atoms with Gasteiger partial charge in [-0.3, -0.25) is 4.79 Å². The minimum Gasteiger partial charge on any atom is -0.497 e. The molecule has 0 aliphatic heterocycles. The molecule has 1 atom stereocenters. The van der Waals surface area contributed by atoms with Gasteiger partial charge in [0.1, 0.15) is 5.75 Å². The Morgan fingerprint density at radius 2 is 1.88 bits per heavy atom. The van der Waals surface area contributed by atoms with Crippen molar-refractivity contribution in [3.8, 4) is 5.75 Å². The van der Waals surface area contributed by atoms with Gasteiger partial charge in [0, 0.05) is 9.37 Å². The fraction of sp³-hybridized carbons (Fsp3) is 0.316. The van der Waals surface area contributed by atoms with Crippen LogP contribution in [0.3, 0.4) is 0 Å². The number of hydrogen-bond acceptors (Lipinski definition) is 3. The first-order valence-electron chi connectivity index (χ1n) is 7.97. The van der Waals surface area contributed by atoms with Gasteiger partial charge in [-0.25, -0.2) is 0 Å². The third-order valence-corrected chi connectivity index (χ3v) is 5.61. The summed E-state index contributed by atoms with van der Waals surface area (Å²) in [5, 5.41) is 3.20. The van der Waals surface area contributed by atoms with Gasteiger partial charge in [-0.05, 0) is 60.7 Å². The van der Waals surface area contributed by atoms with E-state index in [9.17, 15) is 4.79 Å². The van der Waals surface area contributed by atoms with Crippen molar-refractivity contribution in [3.63, 3.8) is 0 Å². The Morgan fingerprint density at radius 1 is 1.21 bits per heavy atom. The molecule has 126 valence electrons. The zero-order valence-electron chi connectivity index (χ0n) is 13.5. The van der Waals surface area contributed by atoms with E-state index in [0.29, 0.717) is 11.7 Å². The summed E-state index contributed by atoms with van der Waals surface area (Å²) in [4.78, 5) is 13.5. The fourth-order valence-corrected chi connectivity index (χ4v) is 3.58. The molecule has 1 aliphatic carbocycles. The summed E-state index contributed by atoms with van der Waals surface area (Å²) in [6.45, 7) is 0. The van der Waals surface area contributed by atoms with Gasteiger partial charge in [-0.1, -0.05) is 28.1 Å². The SMILES string of the molecule is COc1ccc([C@@H](NC(=O)CSc2ccc(Br)cc2)C2CC2)cc1. The number of rotatable bonds is 7. The molecule has 3 nitrogen and oxygen atoms in total. The predicted molar refractivity (Wildman–Crippen MR) is 101 cm³/mol. The van der Waals surface area contributed by atoms with E-state index in [1.807, 2.05) is 48.5 Å². The second kappa shape index (κ2) is 8.08. The molecule has 0 spiro atoms. The van der Waals surface area contributed by atoms with Crippen molar-refractivity contribution in [3.05, 3.63) is 58.6 Å². The van der Waals surface area contributed by atoms with Gasteiger partial charge < -0.3 is 10.1 Å². The number of ether oxygens (including phenoxy) is 1. The van der Waals surface area contributed by atoms with E-state index in [0.717, 1.165) is 20.7 Å². The van der Waals surface area contributed by atoms with Crippen molar-refractivity contribution in [1.82, 2.24) is 5.32 Å². The van der Waals surface area contributed by atoms with Crippen molar-refractivity contribution in [1.29, 1.82) is 0 Å². The number of carbonyl (C=O) groups is 1. The van der Waals surface area contributed by atoms with Crippen LogP contribution in [0.5, 0.6) is 5.75 Å². The normalized spacial score (nSPS) is 14.9. The third-order valence-electron chi connectivity index (χ3n) is 4.07. The molecule has 1 aliphatic rings. The van der Waals surface area contributed by atoms with E-state index in [1.165, 1.54) is 12.8 Å². The van der Waals surface area contributed by atoms with Crippen LogP contribution in [0.1, 0.15) is 24.4 Å². The first-order valence-corrected chi connectivity index (χ1v) is 9.75. The monoisotopic (exact) mass is 405 g/mol. The van der Waals surface area contributed by atoms with E-state index >= 15 is 0 Å². The second-order valence-electron chi connectivity index (χ2n) is 5.90. The molecule has 3 rings (SSSR count). The molecule has 1 amide bonds. The lowest BCUT2D eigenvalue weighted by atomic mass is 10.0. The van der Waals surface area contributed by atoms with E-state index in [4.69, 9.17) is 4.74 Å². The molecule has 2 aromatic rings. The van der Waals surface area contributed by atoms with Gasteiger partial charge in [0.2, 0.25) is 5.91 Å². The molecule has 5 heteroatoms. The van der Waals surface area contributed by atoms with E-state index in [2.05, 4.69) is 21.2 Å². The molecule has 0 unspecified atom stereocenters. The van der Waals surface area contributed by atoms with Crippen LogP contribution in [-0.2, 0) is 4.79 Å². The van der Waals surface area contributed by atoms with Crippen LogP contribution in [0, 0.1) is 5.92 Å². The number of carbonyl (C=O) groups excluding carboxylic acids is 1. The lowest BCUT2D eigenvalue weighted by Crippen LogP contribution is -2.31. The van der Waals surface area contributed by atoms with E-state index in [1.54, 1.807) is 18.9 Å². The molecule has 0 heterocycles. The molecular formula is C19H20BrNO2S. The number of benzene rings is 2. The highest BCUT2D eigenvalue weighted by atomic mass is 79.9. The van der Waals surface area contributed by atoms with Crippen LogP contribution < -0.4 is 10.1 Å². The Hall–Kier alpha value is -1.46. The quantitative estimate of drug-likeness (QED) is 0.671. The maximum Gasteiger partial charge on any atom is 0.230 e. The number of halogens is 1. The molecule has 0 radical (unpaired) electrons. The fourth-order valence-electron chi connectivity index (χ4n) is 2.61. The minimum absolute atomic E-state index is 0.0793. The molecule has 1 N–H and O–H groups in total. The maximum atomic E-state index is 12.4. The van der Waals surface area contributed by atoms with Crippen molar-refractivity contribution < 1.29 is 9.53 Å². The molecule has 0 bridgehead atoms. The van der Waals surface area contributed by atoms with Gasteiger partial charge in [-0.2, -0.15) is 0 Å². The topological polar surface area (TPSA) is 38.3 Å². The van der Waals surface area contributed by atoms with Gasteiger partial charge in [-0.15, -0.1) is 11.8 Å². The van der Waals surface area contributed by atoms with Crippen LogP contribution in [0.15, 0.2) is 57.9 Å². The second-order valence-corrected chi connectivity index (χ2v) is 7.86. The molecule has 1 fully saturated rings. The Labute approximate surface area is 155 Å².